The summed E-state index contributed by atoms with van der Waals surface area (Å²) in [6.07, 6.45) is 1.74. The van der Waals surface area contributed by atoms with Gasteiger partial charge in [-0.25, -0.2) is 4.39 Å². The van der Waals surface area contributed by atoms with Crippen LogP contribution in [0.3, 0.4) is 0 Å². The van der Waals surface area contributed by atoms with Crippen LogP contribution in [0.5, 0.6) is 5.75 Å². The Bertz CT molecular complexity index is 915. The number of para-hydroxylation sites is 2. The van der Waals surface area contributed by atoms with Crippen LogP contribution in [0.4, 0.5) is 24.7 Å². The van der Waals surface area contributed by atoms with Crippen molar-refractivity contribution in [3.8, 4) is 5.75 Å². The number of nitrogens with one attached hydrogen (secondary N) is 2. The fourth-order valence-electron chi connectivity index (χ4n) is 2.33. The standard InChI is InChI=1S/C18H15F3N4OS/c19-13-7-5-12(6-8-13)11-25-10-9-16(24-25)23-18(27)22-14-3-1-2-4-15(14)26-17(20)21/h1-10,17H,11H2,(H2,22,23,24,27). The van der Waals surface area contributed by atoms with Crippen LogP contribution in [0.2, 0.25) is 0 Å². The monoisotopic (exact) mass is 392 g/mol. The topological polar surface area (TPSA) is 51.1 Å². The minimum Gasteiger partial charge on any atom is -0.433 e. The summed E-state index contributed by atoms with van der Waals surface area (Å²) in [6, 6.07) is 14.1. The highest BCUT2D eigenvalue weighted by atomic mass is 32.1. The molecule has 0 saturated carbocycles. The minimum absolute atomic E-state index is 0.0153. The molecule has 0 radical (unpaired) electrons. The van der Waals surface area contributed by atoms with Gasteiger partial charge in [-0.2, -0.15) is 13.9 Å². The van der Waals surface area contributed by atoms with Gasteiger partial charge >= 0.3 is 6.61 Å². The van der Waals surface area contributed by atoms with E-state index in [-0.39, 0.29) is 16.7 Å². The number of alkyl halides is 2. The van der Waals surface area contributed by atoms with Crippen LogP contribution < -0.4 is 15.4 Å². The lowest BCUT2D eigenvalue weighted by atomic mass is 10.2. The van der Waals surface area contributed by atoms with E-state index in [4.69, 9.17) is 12.2 Å². The number of hydrogen-bond donors (Lipinski definition) is 2. The van der Waals surface area contributed by atoms with Gasteiger partial charge in [-0.15, -0.1) is 0 Å². The van der Waals surface area contributed by atoms with E-state index in [1.807, 2.05) is 0 Å². The van der Waals surface area contributed by atoms with Crippen molar-refractivity contribution in [3.05, 3.63) is 72.2 Å². The first-order valence-electron chi connectivity index (χ1n) is 7.89. The van der Waals surface area contributed by atoms with Gasteiger partial charge in [-0.3, -0.25) is 4.68 Å². The summed E-state index contributed by atoms with van der Waals surface area (Å²) < 4.78 is 44.0. The summed E-state index contributed by atoms with van der Waals surface area (Å²) in [6.45, 7) is -2.47. The van der Waals surface area contributed by atoms with Crippen molar-refractivity contribution in [1.82, 2.24) is 9.78 Å². The van der Waals surface area contributed by atoms with Gasteiger partial charge in [0.15, 0.2) is 10.9 Å². The first-order valence-corrected chi connectivity index (χ1v) is 8.30. The molecule has 0 aliphatic rings. The second-order valence-electron chi connectivity index (χ2n) is 5.48. The molecule has 1 heterocycles. The lowest BCUT2D eigenvalue weighted by Crippen LogP contribution is -2.20. The molecule has 0 aliphatic heterocycles. The Hall–Kier alpha value is -3.07. The highest BCUT2D eigenvalue weighted by Crippen LogP contribution is 2.25. The van der Waals surface area contributed by atoms with Crippen LogP contribution in [-0.2, 0) is 6.54 Å². The Labute approximate surface area is 158 Å². The van der Waals surface area contributed by atoms with Crippen molar-refractivity contribution in [2.75, 3.05) is 10.6 Å². The highest BCUT2D eigenvalue weighted by molar-refractivity contribution is 7.80. The molecule has 0 fully saturated rings. The summed E-state index contributed by atoms with van der Waals surface area (Å²) in [4.78, 5) is 0. The van der Waals surface area contributed by atoms with Crippen LogP contribution in [-0.4, -0.2) is 21.5 Å². The second kappa shape index (κ2) is 8.54. The number of aromatic nitrogens is 2. The van der Waals surface area contributed by atoms with Crippen LogP contribution in [0.25, 0.3) is 0 Å². The molecule has 5 nitrogen and oxygen atoms in total. The van der Waals surface area contributed by atoms with Crippen LogP contribution in [0.1, 0.15) is 5.56 Å². The molecule has 2 N–H and O–H groups in total. The molecule has 0 amide bonds. The van der Waals surface area contributed by atoms with Gasteiger partial charge in [0.2, 0.25) is 0 Å². The van der Waals surface area contributed by atoms with Gasteiger partial charge in [0.25, 0.3) is 0 Å². The fraction of sp³-hybridized carbons (Fsp3) is 0.111. The Morgan fingerprint density at radius 2 is 1.81 bits per heavy atom. The van der Waals surface area contributed by atoms with Crippen molar-refractivity contribution >= 4 is 28.8 Å². The Balaban J connectivity index is 1.60. The predicted molar refractivity (Wildman–Crippen MR) is 101 cm³/mol. The molecule has 0 atom stereocenters. The maximum absolute atomic E-state index is 12.9. The number of halogens is 3. The van der Waals surface area contributed by atoms with Crippen LogP contribution >= 0.6 is 12.2 Å². The SMILES string of the molecule is Fc1ccc(Cn2ccc(NC(=S)Nc3ccccc3OC(F)F)n2)cc1. The molecule has 27 heavy (non-hydrogen) atoms. The Morgan fingerprint density at radius 1 is 1.07 bits per heavy atom. The zero-order valence-corrected chi connectivity index (χ0v) is 14.7. The summed E-state index contributed by atoms with van der Waals surface area (Å²) in [5.74, 6) is 0.162. The molecule has 1 aromatic heterocycles. The molecule has 0 spiro atoms. The third kappa shape index (κ3) is 5.45. The third-order valence-electron chi connectivity index (χ3n) is 3.49. The molecular formula is C18H15F3N4OS. The third-order valence-corrected chi connectivity index (χ3v) is 3.70. The zero-order chi connectivity index (χ0) is 19.2. The Kier molecular flexibility index (Phi) is 5.92. The lowest BCUT2D eigenvalue weighted by Gasteiger charge is -2.13. The average molecular weight is 392 g/mol. The lowest BCUT2D eigenvalue weighted by molar-refractivity contribution is -0.0493. The van der Waals surface area contributed by atoms with E-state index in [2.05, 4.69) is 20.5 Å². The van der Waals surface area contributed by atoms with Gasteiger partial charge in [0, 0.05) is 12.3 Å². The van der Waals surface area contributed by atoms with Crippen molar-refractivity contribution in [3.63, 3.8) is 0 Å². The summed E-state index contributed by atoms with van der Waals surface area (Å²) in [7, 11) is 0. The van der Waals surface area contributed by atoms with Crippen LogP contribution in [0.15, 0.2) is 60.8 Å². The van der Waals surface area contributed by atoms with E-state index < -0.39 is 6.61 Å². The van der Waals surface area contributed by atoms with E-state index in [1.165, 1.54) is 18.2 Å². The van der Waals surface area contributed by atoms with E-state index in [1.54, 1.807) is 47.3 Å². The summed E-state index contributed by atoms with van der Waals surface area (Å²) in [5, 5.41) is 10.2. The summed E-state index contributed by atoms with van der Waals surface area (Å²) in [5.41, 5.74) is 1.20. The fourth-order valence-corrected chi connectivity index (χ4v) is 2.55. The Morgan fingerprint density at radius 3 is 2.56 bits per heavy atom. The number of anilines is 2. The molecule has 0 unspecified atom stereocenters. The van der Waals surface area contributed by atoms with E-state index >= 15 is 0 Å². The molecule has 3 aromatic rings. The molecule has 2 aromatic carbocycles. The number of hydrogen-bond acceptors (Lipinski definition) is 3. The van der Waals surface area contributed by atoms with E-state index in [9.17, 15) is 13.2 Å². The molecular weight excluding hydrogens is 377 g/mol. The number of nitrogens with zero attached hydrogens (tertiary/aromatic N) is 2. The predicted octanol–water partition coefficient (Wildman–Crippen LogP) is 4.48. The molecule has 0 aliphatic carbocycles. The number of benzene rings is 2. The van der Waals surface area contributed by atoms with Crippen LogP contribution in [0, 0.1) is 5.82 Å². The van der Waals surface area contributed by atoms with Gasteiger partial charge in [-0.1, -0.05) is 24.3 Å². The number of rotatable bonds is 6. The van der Waals surface area contributed by atoms with Crippen molar-refractivity contribution in [2.24, 2.45) is 0 Å². The first-order chi connectivity index (χ1) is 13.0. The number of ether oxygens (including phenoxy) is 1. The van der Waals surface area contributed by atoms with E-state index in [0.717, 1.165) is 5.56 Å². The molecule has 9 heteroatoms. The largest absolute Gasteiger partial charge is 0.433 e. The molecule has 3 rings (SSSR count). The maximum atomic E-state index is 12.9. The molecule has 0 bridgehead atoms. The van der Waals surface area contributed by atoms with Crippen molar-refractivity contribution in [2.45, 2.75) is 13.2 Å². The van der Waals surface area contributed by atoms with Gasteiger partial charge in [0.05, 0.1) is 12.2 Å². The van der Waals surface area contributed by atoms with Gasteiger partial charge < -0.3 is 15.4 Å². The van der Waals surface area contributed by atoms with Gasteiger partial charge in [-0.05, 0) is 42.0 Å². The van der Waals surface area contributed by atoms with Crippen molar-refractivity contribution < 1.29 is 17.9 Å². The highest BCUT2D eigenvalue weighted by Gasteiger charge is 2.10. The zero-order valence-electron chi connectivity index (χ0n) is 13.9. The quantitative estimate of drug-likeness (QED) is 0.606. The summed E-state index contributed by atoms with van der Waals surface area (Å²) >= 11 is 5.19. The normalized spacial score (nSPS) is 10.7. The van der Waals surface area contributed by atoms with Gasteiger partial charge in [0.1, 0.15) is 11.6 Å². The minimum atomic E-state index is -2.93. The smallest absolute Gasteiger partial charge is 0.387 e. The number of thiocarbonyl (C=S) groups is 1. The maximum Gasteiger partial charge on any atom is 0.387 e. The first kappa shape index (κ1) is 18.7. The molecule has 140 valence electrons. The second-order valence-corrected chi connectivity index (χ2v) is 5.89. The van der Waals surface area contributed by atoms with E-state index in [0.29, 0.717) is 18.1 Å². The average Bonchev–Trinajstić information content (AvgIpc) is 3.05. The van der Waals surface area contributed by atoms with Crippen molar-refractivity contribution in [1.29, 1.82) is 0 Å². The molecule has 0 saturated heterocycles.